The van der Waals surface area contributed by atoms with E-state index in [1.165, 1.54) is 11.8 Å². The van der Waals surface area contributed by atoms with Crippen LogP contribution in [0.25, 0.3) is 0 Å². The Morgan fingerprint density at radius 3 is 2.75 bits per heavy atom. The minimum atomic E-state index is -0.208. The normalized spacial score (nSPS) is 16.9. The van der Waals surface area contributed by atoms with Gasteiger partial charge in [-0.1, -0.05) is 23.7 Å². The number of anilines is 3. The molecule has 0 aliphatic carbocycles. The van der Waals surface area contributed by atoms with E-state index in [-0.39, 0.29) is 5.82 Å². The maximum absolute atomic E-state index is 13.5. The van der Waals surface area contributed by atoms with Crippen LogP contribution in [0.1, 0.15) is 5.56 Å². The first-order chi connectivity index (χ1) is 11.7. The standard InChI is InChI=1S/C18H20ClFN4/c19-15-4-5-16(23-8-6-21-7-9-23)17-18(15)24(12-22-17)11-13-2-1-3-14(20)10-13/h1-5,10,21-22H,6-9,11-12H2. The molecule has 126 valence electrons. The molecule has 2 aliphatic rings. The Labute approximate surface area is 146 Å². The summed E-state index contributed by atoms with van der Waals surface area (Å²) in [4.78, 5) is 4.54. The minimum Gasteiger partial charge on any atom is -0.367 e. The number of fused-ring (bicyclic) bond motifs is 1. The van der Waals surface area contributed by atoms with Crippen molar-refractivity contribution in [1.82, 2.24) is 5.32 Å². The molecule has 0 radical (unpaired) electrons. The maximum Gasteiger partial charge on any atom is 0.123 e. The first-order valence-electron chi connectivity index (χ1n) is 8.24. The van der Waals surface area contributed by atoms with Crippen molar-refractivity contribution in [2.24, 2.45) is 0 Å². The molecule has 1 saturated heterocycles. The molecule has 0 unspecified atom stereocenters. The molecular formula is C18H20ClFN4. The summed E-state index contributed by atoms with van der Waals surface area (Å²) >= 11 is 6.49. The van der Waals surface area contributed by atoms with Crippen molar-refractivity contribution in [2.75, 3.05) is 48.0 Å². The highest BCUT2D eigenvalue weighted by atomic mass is 35.5. The largest absolute Gasteiger partial charge is 0.367 e. The summed E-state index contributed by atoms with van der Waals surface area (Å²) in [7, 11) is 0. The van der Waals surface area contributed by atoms with Crippen LogP contribution in [0.5, 0.6) is 0 Å². The lowest BCUT2D eigenvalue weighted by atomic mass is 10.1. The molecule has 0 atom stereocenters. The number of halogens is 2. The molecular weight excluding hydrogens is 327 g/mol. The summed E-state index contributed by atoms with van der Waals surface area (Å²) in [5.41, 5.74) is 4.23. The van der Waals surface area contributed by atoms with E-state index in [4.69, 9.17) is 11.6 Å². The van der Waals surface area contributed by atoms with Gasteiger partial charge in [0.15, 0.2) is 0 Å². The third kappa shape index (κ3) is 2.89. The Balaban J connectivity index is 1.64. The molecule has 1 fully saturated rings. The van der Waals surface area contributed by atoms with Gasteiger partial charge in [-0.3, -0.25) is 0 Å². The van der Waals surface area contributed by atoms with Gasteiger partial charge in [-0.2, -0.15) is 0 Å². The fraction of sp³-hybridized carbons (Fsp3) is 0.333. The van der Waals surface area contributed by atoms with Gasteiger partial charge in [0, 0.05) is 32.7 Å². The smallest absolute Gasteiger partial charge is 0.123 e. The first-order valence-corrected chi connectivity index (χ1v) is 8.61. The van der Waals surface area contributed by atoms with E-state index < -0.39 is 0 Å². The Kier molecular flexibility index (Phi) is 4.21. The summed E-state index contributed by atoms with van der Waals surface area (Å²) in [6.45, 7) is 5.26. The average Bonchev–Trinajstić information content (AvgIpc) is 3.01. The van der Waals surface area contributed by atoms with Gasteiger partial charge in [-0.25, -0.2) is 4.39 Å². The van der Waals surface area contributed by atoms with E-state index in [1.54, 1.807) is 12.1 Å². The Morgan fingerprint density at radius 2 is 1.96 bits per heavy atom. The molecule has 0 amide bonds. The summed E-state index contributed by atoms with van der Waals surface area (Å²) in [5.74, 6) is -0.208. The van der Waals surface area contributed by atoms with Gasteiger partial charge >= 0.3 is 0 Å². The van der Waals surface area contributed by atoms with Gasteiger partial charge in [0.1, 0.15) is 5.82 Å². The highest BCUT2D eigenvalue weighted by molar-refractivity contribution is 6.34. The van der Waals surface area contributed by atoms with Crippen molar-refractivity contribution >= 4 is 28.7 Å². The molecule has 0 spiro atoms. The van der Waals surface area contributed by atoms with Gasteiger partial charge in [-0.05, 0) is 29.8 Å². The van der Waals surface area contributed by atoms with E-state index in [9.17, 15) is 4.39 Å². The zero-order valence-electron chi connectivity index (χ0n) is 13.4. The van der Waals surface area contributed by atoms with Crippen LogP contribution < -0.4 is 20.4 Å². The maximum atomic E-state index is 13.5. The van der Waals surface area contributed by atoms with Crippen molar-refractivity contribution in [3.05, 3.63) is 52.8 Å². The molecule has 0 bridgehead atoms. The van der Waals surface area contributed by atoms with E-state index in [2.05, 4.69) is 26.5 Å². The second kappa shape index (κ2) is 6.49. The Bertz CT molecular complexity index is 746. The summed E-state index contributed by atoms with van der Waals surface area (Å²) < 4.78 is 13.5. The molecule has 6 heteroatoms. The second-order valence-corrected chi connectivity index (χ2v) is 6.60. The van der Waals surface area contributed by atoms with Crippen LogP contribution in [0, 0.1) is 5.82 Å². The third-order valence-electron chi connectivity index (χ3n) is 4.59. The molecule has 24 heavy (non-hydrogen) atoms. The second-order valence-electron chi connectivity index (χ2n) is 6.19. The summed E-state index contributed by atoms with van der Waals surface area (Å²) in [6.07, 6.45) is 0. The van der Waals surface area contributed by atoms with Crippen LogP contribution in [0.2, 0.25) is 5.02 Å². The molecule has 2 heterocycles. The zero-order chi connectivity index (χ0) is 16.5. The quantitative estimate of drug-likeness (QED) is 0.893. The first kappa shape index (κ1) is 15.5. The monoisotopic (exact) mass is 346 g/mol. The van der Waals surface area contributed by atoms with Crippen LogP contribution in [-0.4, -0.2) is 32.8 Å². The van der Waals surface area contributed by atoms with Crippen LogP contribution in [0.15, 0.2) is 36.4 Å². The highest BCUT2D eigenvalue weighted by Crippen LogP contribution is 2.45. The Hall–Kier alpha value is -1.98. The Morgan fingerprint density at radius 1 is 1.12 bits per heavy atom. The fourth-order valence-electron chi connectivity index (χ4n) is 3.45. The van der Waals surface area contributed by atoms with Crippen molar-refractivity contribution in [3.63, 3.8) is 0 Å². The van der Waals surface area contributed by atoms with E-state index >= 15 is 0 Å². The van der Waals surface area contributed by atoms with E-state index in [1.807, 2.05) is 12.1 Å². The van der Waals surface area contributed by atoms with Gasteiger partial charge in [0.25, 0.3) is 0 Å². The van der Waals surface area contributed by atoms with Gasteiger partial charge in [0.05, 0.1) is 28.8 Å². The van der Waals surface area contributed by atoms with Crippen LogP contribution >= 0.6 is 11.6 Å². The molecule has 2 N–H and O–H groups in total. The van der Waals surface area contributed by atoms with Gasteiger partial charge in [0.2, 0.25) is 0 Å². The van der Waals surface area contributed by atoms with Crippen molar-refractivity contribution < 1.29 is 4.39 Å². The SMILES string of the molecule is Fc1cccc(CN2CNc3c(N4CCNCC4)ccc(Cl)c32)c1. The lowest BCUT2D eigenvalue weighted by Gasteiger charge is -2.31. The molecule has 2 aromatic rings. The summed E-state index contributed by atoms with van der Waals surface area (Å²) in [6, 6.07) is 10.8. The fourth-order valence-corrected chi connectivity index (χ4v) is 3.73. The number of hydrogen-bond donors (Lipinski definition) is 2. The lowest BCUT2D eigenvalue weighted by molar-refractivity contribution is 0.590. The number of hydrogen-bond acceptors (Lipinski definition) is 4. The zero-order valence-corrected chi connectivity index (χ0v) is 14.1. The molecule has 2 aromatic carbocycles. The van der Waals surface area contributed by atoms with Crippen molar-refractivity contribution in [1.29, 1.82) is 0 Å². The summed E-state index contributed by atoms with van der Waals surface area (Å²) in [5, 5.41) is 7.58. The topological polar surface area (TPSA) is 30.5 Å². The third-order valence-corrected chi connectivity index (χ3v) is 4.89. The van der Waals surface area contributed by atoms with Crippen LogP contribution in [0.4, 0.5) is 21.5 Å². The number of piperazine rings is 1. The molecule has 0 saturated carbocycles. The highest BCUT2D eigenvalue weighted by Gasteiger charge is 2.27. The van der Waals surface area contributed by atoms with Crippen LogP contribution in [-0.2, 0) is 6.54 Å². The molecule has 0 aromatic heterocycles. The minimum absolute atomic E-state index is 0.208. The molecule has 4 rings (SSSR count). The van der Waals surface area contributed by atoms with E-state index in [0.29, 0.717) is 13.2 Å². The number of rotatable bonds is 3. The van der Waals surface area contributed by atoms with Gasteiger partial charge in [-0.15, -0.1) is 0 Å². The molecule has 2 aliphatic heterocycles. The lowest BCUT2D eigenvalue weighted by Crippen LogP contribution is -2.43. The predicted octanol–water partition coefficient (Wildman–Crippen LogP) is 3.28. The van der Waals surface area contributed by atoms with Crippen molar-refractivity contribution in [3.8, 4) is 0 Å². The predicted molar refractivity (Wildman–Crippen MR) is 97.6 cm³/mol. The number of benzene rings is 2. The number of nitrogens with one attached hydrogen (secondary N) is 2. The van der Waals surface area contributed by atoms with Crippen molar-refractivity contribution in [2.45, 2.75) is 6.54 Å². The van der Waals surface area contributed by atoms with Gasteiger partial charge < -0.3 is 20.4 Å². The molecule has 4 nitrogen and oxygen atoms in total. The van der Waals surface area contributed by atoms with E-state index in [0.717, 1.165) is 48.1 Å². The number of nitrogens with zero attached hydrogens (tertiary/aromatic N) is 2. The van der Waals surface area contributed by atoms with Crippen LogP contribution in [0.3, 0.4) is 0 Å². The average molecular weight is 347 g/mol.